The van der Waals surface area contributed by atoms with Crippen LogP contribution in [0.25, 0.3) is 0 Å². The number of carboxylic acids is 2. The summed E-state index contributed by atoms with van der Waals surface area (Å²) in [6, 6.07) is -1.29. The molecule has 0 radical (unpaired) electrons. The maximum atomic E-state index is 9.85. The van der Waals surface area contributed by atoms with E-state index in [9.17, 15) is 9.59 Å². The minimum Gasteiger partial charge on any atom is -1.00 e. The normalized spacial score (nSPS) is 11.3. The van der Waals surface area contributed by atoms with Gasteiger partial charge in [-0.1, -0.05) is 0 Å². The van der Waals surface area contributed by atoms with Crippen LogP contribution in [-0.4, -0.2) is 77.1 Å². The Morgan fingerprint density at radius 1 is 1.50 bits per heavy atom. The standard InChI is InChI=1S/C4H7NO4.Ba.2H/c5-2(4(8)9)1-3(6)7;;;/h2H,1,5H2,(H,6,7)(H,8,9);;;/q;+2;2*-1. The monoisotopic (exact) mass is 273 g/mol. The number of hydrogen-bond acceptors (Lipinski definition) is 3. The molecule has 0 rings (SSSR count). The van der Waals surface area contributed by atoms with Crippen molar-refractivity contribution in [2.45, 2.75) is 12.5 Å². The second kappa shape index (κ2) is 6.20. The van der Waals surface area contributed by atoms with E-state index in [1.54, 1.807) is 0 Å². The third kappa shape index (κ3) is 6.59. The molecule has 0 aromatic heterocycles. The molecule has 5 nitrogen and oxygen atoms in total. The molecule has 0 saturated heterocycles. The fourth-order valence-corrected chi connectivity index (χ4v) is 0.275. The van der Waals surface area contributed by atoms with E-state index in [0.29, 0.717) is 0 Å². The van der Waals surface area contributed by atoms with Gasteiger partial charge < -0.3 is 18.8 Å². The Morgan fingerprint density at radius 2 is 1.90 bits per heavy atom. The molecule has 0 aromatic carbocycles. The molecule has 1 unspecified atom stereocenters. The molecule has 0 spiro atoms. The fourth-order valence-electron chi connectivity index (χ4n) is 0.275. The van der Waals surface area contributed by atoms with Crippen molar-refractivity contribution in [3.63, 3.8) is 0 Å². The van der Waals surface area contributed by atoms with Crippen LogP contribution in [0.15, 0.2) is 0 Å². The van der Waals surface area contributed by atoms with Crippen molar-refractivity contribution >= 4 is 60.8 Å². The predicted molar refractivity (Wildman–Crippen MR) is 35.8 cm³/mol. The Labute approximate surface area is 101 Å². The first kappa shape index (κ1) is 13.1. The van der Waals surface area contributed by atoms with E-state index >= 15 is 0 Å². The average Bonchev–Trinajstić information content (AvgIpc) is 1.63. The van der Waals surface area contributed by atoms with E-state index in [2.05, 4.69) is 0 Å². The van der Waals surface area contributed by atoms with Gasteiger partial charge in [-0.25, -0.2) is 0 Å². The van der Waals surface area contributed by atoms with Crippen LogP contribution in [0.2, 0.25) is 0 Å². The minimum atomic E-state index is -1.29. The van der Waals surface area contributed by atoms with Crippen molar-refractivity contribution in [1.82, 2.24) is 0 Å². The van der Waals surface area contributed by atoms with E-state index in [1.807, 2.05) is 0 Å². The molecule has 0 amide bonds. The zero-order chi connectivity index (χ0) is 7.44. The van der Waals surface area contributed by atoms with Gasteiger partial charge in [0.2, 0.25) is 0 Å². The summed E-state index contributed by atoms with van der Waals surface area (Å²) >= 11 is 0. The van der Waals surface area contributed by atoms with E-state index in [-0.39, 0.29) is 51.7 Å². The zero-order valence-corrected chi connectivity index (χ0v) is 9.72. The van der Waals surface area contributed by atoms with E-state index in [4.69, 9.17) is 15.9 Å². The summed E-state index contributed by atoms with van der Waals surface area (Å²) in [4.78, 5) is 19.6. The van der Waals surface area contributed by atoms with Crippen molar-refractivity contribution in [3.8, 4) is 0 Å². The fraction of sp³-hybridized carbons (Fsp3) is 0.500. The number of carboxylic acid groups (broad SMARTS) is 2. The predicted octanol–water partition coefficient (Wildman–Crippen LogP) is -1.28. The van der Waals surface area contributed by atoms with E-state index < -0.39 is 24.4 Å². The number of nitrogens with two attached hydrogens (primary N) is 1. The Bertz CT molecular complexity index is 145. The van der Waals surface area contributed by atoms with Gasteiger partial charge in [-0.15, -0.1) is 0 Å². The first-order chi connectivity index (χ1) is 4.04. The van der Waals surface area contributed by atoms with Crippen LogP contribution in [0.3, 0.4) is 0 Å². The van der Waals surface area contributed by atoms with Crippen LogP contribution in [0, 0.1) is 0 Å². The molecule has 0 aliphatic heterocycles. The molecule has 1 atom stereocenters. The molecule has 6 heteroatoms. The second-order valence-corrected chi connectivity index (χ2v) is 1.54. The van der Waals surface area contributed by atoms with E-state index in [0.717, 1.165) is 0 Å². The van der Waals surface area contributed by atoms with Gasteiger partial charge >= 0.3 is 60.8 Å². The second-order valence-electron chi connectivity index (χ2n) is 1.54. The molecular weight excluding hydrogens is 263 g/mol. The minimum absolute atomic E-state index is 0. The van der Waals surface area contributed by atoms with E-state index in [1.165, 1.54) is 0 Å². The van der Waals surface area contributed by atoms with Gasteiger partial charge in [0.1, 0.15) is 6.04 Å². The molecule has 0 fully saturated rings. The van der Waals surface area contributed by atoms with Gasteiger partial charge in [0.15, 0.2) is 0 Å². The molecule has 4 N–H and O–H groups in total. The quantitative estimate of drug-likeness (QED) is 0.556. The number of aliphatic carboxylic acids is 2. The molecule has 0 aliphatic rings. The summed E-state index contributed by atoms with van der Waals surface area (Å²) in [5.41, 5.74) is 4.84. The average molecular weight is 272 g/mol. The van der Waals surface area contributed by atoms with Gasteiger partial charge in [0.05, 0.1) is 6.42 Å². The van der Waals surface area contributed by atoms with Crippen LogP contribution < -0.4 is 5.73 Å². The van der Waals surface area contributed by atoms with Gasteiger partial charge in [-0.05, 0) is 0 Å². The number of rotatable bonds is 3. The third-order valence-corrected chi connectivity index (χ3v) is 0.712. The number of hydrogen-bond donors (Lipinski definition) is 3. The van der Waals surface area contributed by atoms with Crippen LogP contribution in [-0.2, 0) is 9.59 Å². The van der Waals surface area contributed by atoms with Crippen LogP contribution >= 0.6 is 0 Å². The summed E-state index contributed by atoms with van der Waals surface area (Å²) in [7, 11) is 0. The van der Waals surface area contributed by atoms with Gasteiger partial charge in [-0.3, -0.25) is 9.59 Å². The summed E-state index contributed by atoms with van der Waals surface area (Å²) < 4.78 is 0. The SMILES string of the molecule is NC(CC(=O)O)C(=O)O.[Ba+2].[H-].[H-]. The molecule has 56 valence electrons. The third-order valence-electron chi connectivity index (χ3n) is 0.712. The van der Waals surface area contributed by atoms with Crippen LogP contribution in [0.1, 0.15) is 9.27 Å². The van der Waals surface area contributed by atoms with Crippen molar-refractivity contribution in [2.24, 2.45) is 5.73 Å². The smallest absolute Gasteiger partial charge is 1.00 e. The van der Waals surface area contributed by atoms with Crippen molar-refractivity contribution < 1.29 is 22.7 Å². The molecule has 0 heterocycles. The van der Waals surface area contributed by atoms with Gasteiger partial charge in [0.25, 0.3) is 0 Å². The summed E-state index contributed by atoms with van der Waals surface area (Å²) in [5.74, 6) is -2.50. The van der Waals surface area contributed by atoms with Crippen molar-refractivity contribution in [3.05, 3.63) is 0 Å². The number of carbonyl (C=O) groups is 2. The Morgan fingerprint density at radius 3 is 2.00 bits per heavy atom. The molecular formula is C4H9BaNO4. The maximum Gasteiger partial charge on any atom is 2.00 e. The summed E-state index contributed by atoms with van der Waals surface area (Å²) in [5, 5.41) is 16.0. The Kier molecular flexibility index (Phi) is 8.11. The zero-order valence-electron chi connectivity index (χ0n) is 7.28. The molecule has 0 saturated carbocycles. The van der Waals surface area contributed by atoms with Crippen LogP contribution in [0.4, 0.5) is 0 Å². The molecule has 0 aromatic rings. The summed E-state index contributed by atoms with van der Waals surface area (Å²) in [6.45, 7) is 0. The van der Waals surface area contributed by atoms with Gasteiger partial charge in [0, 0.05) is 0 Å². The van der Waals surface area contributed by atoms with Crippen molar-refractivity contribution in [1.29, 1.82) is 0 Å². The molecule has 0 aliphatic carbocycles. The first-order valence-electron chi connectivity index (χ1n) is 2.24. The van der Waals surface area contributed by atoms with Crippen molar-refractivity contribution in [2.75, 3.05) is 0 Å². The Balaban J connectivity index is -0.000000107. The molecule has 0 bridgehead atoms. The Hall–Kier alpha value is 0.471. The summed E-state index contributed by atoms with van der Waals surface area (Å²) in [6.07, 6.45) is -0.532. The largest absolute Gasteiger partial charge is 2.00 e. The topological polar surface area (TPSA) is 101 Å². The maximum absolute atomic E-state index is 9.85. The first-order valence-corrected chi connectivity index (χ1v) is 2.24. The molecule has 10 heavy (non-hydrogen) atoms. The van der Waals surface area contributed by atoms with Crippen LogP contribution in [0.5, 0.6) is 0 Å². The van der Waals surface area contributed by atoms with Gasteiger partial charge in [-0.2, -0.15) is 0 Å².